The number of aromatic nitrogens is 5. The van der Waals surface area contributed by atoms with E-state index in [1.54, 1.807) is 0 Å². The molecule has 9 heteroatoms. The fourth-order valence-corrected chi connectivity index (χ4v) is 4.58. The minimum Gasteiger partial charge on any atom is -0.346 e. The van der Waals surface area contributed by atoms with Crippen molar-refractivity contribution in [3.05, 3.63) is 30.5 Å². The molecule has 0 aromatic carbocycles. The molecular formula is C17H19N7OS. The lowest BCUT2D eigenvalue weighted by Crippen LogP contribution is -2.63. The number of hydrogen-bond donors (Lipinski definition) is 1. The van der Waals surface area contributed by atoms with Crippen molar-refractivity contribution in [1.82, 2.24) is 29.0 Å². The summed E-state index contributed by atoms with van der Waals surface area (Å²) < 4.78 is 15.8. The van der Waals surface area contributed by atoms with E-state index in [9.17, 15) is 9.47 Å². The molecule has 0 spiro atoms. The van der Waals surface area contributed by atoms with E-state index in [1.807, 2.05) is 41.3 Å². The molecule has 1 fully saturated rings. The number of hydrogen-bond acceptors (Lipinski definition) is 5. The van der Waals surface area contributed by atoms with Crippen molar-refractivity contribution >= 4 is 22.0 Å². The number of aryl methyl sites for hydroxylation is 1. The highest BCUT2D eigenvalue weighted by Gasteiger charge is 2.47. The maximum Gasteiger partial charge on any atom is 0.141 e. The molecule has 0 amide bonds. The predicted molar refractivity (Wildman–Crippen MR) is 98.3 cm³/mol. The lowest BCUT2D eigenvalue weighted by molar-refractivity contribution is 0.0762. The summed E-state index contributed by atoms with van der Waals surface area (Å²) >= 11 is 0. The number of fused-ring (bicyclic) bond motifs is 1. The predicted octanol–water partition coefficient (Wildman–Crippen LogP) is 1.74. The Bertz CT molecular complexity index is 1030. The van der Waals surface area contributed by atoms with Crippen LogP contribution in [0.4, 0.5) is 0 Å². The van der Waals surface area contributed by atoms with Crippen LogP contribution in [0.5, 0.6) is 0 Å². The van der Waals surface area contributed by atoms with Gasteiger partial charge in [0.2, 0.25) is 0 Å². The van der Waals surface area contributed by atoms with Gasteiger partial charge in [0.15, 0.2) is 0 Å². The Morgan fingerprint density at radius 3 is 2.96 bits per heavy atom. The first kappa shape index (κ1) is 16.9. The zero-order chi connectivity index (χ0) is 18.3. The summed E-state index contributed by atoms with van der Waals surface area (Å²) in [6, 6.07) is 4.21. The Morgan fingerprint density at radius 1 is 1.42 bits per heavy atom. The van der Waals surface area contributed by atoms with Gasteiger partial charge in [-0.05, 0) is 13.0 Å². The van der Waals surface area contributed by atoms with Crippen LogP contribution in [0.3, 0.4) is 0 Å². The first-order valence-corrected chi connectivity index (χ1v) is 9.71. The average Bonchev–Trinajstić information content (AvgIpc) is 3.23. The number of rotatable bonds is 5. The molecule has 1 unspecified atom stereocenters. The minimum atomic E-state index is -0.999. The highest BCUT2D eigenvalue weighted by molar-refractivity contribution is 7.82. The molecule has 0 saturated carbocycles. The maximum atomic E-state index is 12.0. The van der Waals surface area contributed by atoms with Crippen LogP contribution in [0.25, 0.3) is 22.3 Å². The molecule has 3 aromatic rings. The van der Waals surface area contributed by atoms with Crippen LogP contribution in [0, 0.1) is 18.3 Å². The lowest BCUT2D eigenvalue weighted by Gasteiger charge is -2.47. The fraction of sp³-hybridized carbons (Fsp3) is 0.412. The van der Waals surface area contributed by atoms with Crippen LogP contribution in [0.1, 0.15) is 19.0 Å². The summed E-state index contributed by atoms with van der Waals surface area (Å²) in [5.74, 6) is 0.582. The molecule has 1 saturated heterocycles. The molecule has 1 atom stereocenters. The Balaban J connectivity index is 1.73. The zero-order valence-corrected chi connectivity index (χ0v) is 15.5. The van der Waals surface area contributed by atoms with Crippen LogP contribution in [0.15, 0.2) is 24.8 Å². The molecule has 1 aliphatic rings. The number of H-pyrrole nitrogens is 1. The van der Waals surface area contributed by atoms with Crippen molar-refractivity contribution in [3.8, 4) is 17.3 Å². The third-order valence-electron chi connectivity index (χ3n) is 4.88. The summed E-state index contributed by atoms with van der Waals surface area (Å²) in [7, 11) is -0.999. The summed E-state index contributed by atoms with van der Waals surface area (Å²) in [6.07, 6.45) is 5.65. The molecule has 0 aliphatic carbocycles. The monoisotopic (exact) mass is 369 g/mol. The molecule has 26 heavy (non-hydrogen) atoms. The zero-order valence-electron chi connectivity index (χ0n) is 14.6. The van der Waals surface area contributed by atoms with E-state index < -0.39 is 16.5 Å². The van der Waals surface area contributed by atoms with Crippen molar-refractivity contribution in [2.75, 3.05) is 18.8 Å². The number of nitrogens with one attached hydrogen (secondary N) is 1. The van der Waals surface area contributed by atoms with Crippen LogP contribution in [0.2, 0.25) is 0 Å². The second-order valence-electron chi connectivity index (χ2n) is 6.50. The summed E-state index contributed by atoms with van der Waals surface area (Å²) in [5, 5.41) is 14.9. The second kappa shape index (κ2) is 6.30. The Kier molecular flexibility index (Phi) is 4.09. The summed E-state index contributed by atoms with van der Waals surface area (Å²) in [4.78, 5) is 11.8. The SMILES string of the molecule is CCS(=O)N1CC(CC#N)(n2cc(-c3ncnc4[nH]ccc34)c(C)n2)C1. The van der Waals surface area contributed by atoms with E-state index in [4.69, 9.17) is 0 Å². The van der Waals surface area contributed by atoms with Gasteiger partial charge in [-0.3, -0.25) is 4.68 Å². The van der Waals surface area contributed by atoms with E-state index in [0.29, 0.717) is 25.3 Å². The normalized spacial score (nSPS) is 17.7. The molecule has 0 radical (unpaired) electrons. The first-order chi connectivity index (χ1) is 12.6. The summed E-state index contributed by atoms with van der Waals surface area (Å²) in [6.45, 7) is 4.96. The van der Waals surface area contributed by atoms with Gasteiger partial charge in [0, 0.05) is 42.2 Å². The van der Waals surface area contributed by atoms with Crippen LogP contribution < -0.4 is 0 Å². The standard InChI is InChI=1S/C17H19N7OS/c1-3-26(25)23-9-17(10-23,5-6-18)24-8-14(12(2)22-24)15-13-4-7-19-16(13)21-11-20-15/h4,7-8,11H,3,5,9-10H2,1-2H3,(H,19,20,21). The summed E-state index contributed by atoms with van der Waals surface area (Å²) in [5.41, 5.74) is 2.93. The van der Waals surface area contributed by atoms with Crippen molar-refractivity contribution in [3.63, 3.8) is 0 Å². The minimum absolute atomic E-state index is 0.328. The van der Waals surface area contributed by atoms with E-state index in [-0.39, 0.29) is 0 Å². The van der Waals surface area contributed by atoms with E-state index in [1.165, 1.54) is 6.33 Å². The van der Waals surface area contributed by atoms with Gasteiger partial charge in [-0.1, -0.05) is 6.92 Å². The van der Waals surface area contributed by atoms with E-state index in [2.05, 4.69) is 26.1 Å². The largest absolute Gasteiger partial charge is 0.346 e. The van der Waals surface area contributed by atoms with Gasteiger partial charge in [0.25, 0.3) is 0 Å². The number of nitrogens with zero attached hydrogens (tertiary/aromatic N) is 6. The van der Waals surface area contributed by atoms with Crippen molar-refractivity contribution in [2.45, 2.75) is 25.8 Å². The highest BCUT2D eigenvalue weighted by atomic mass is 32.2. The Labute approximate surface area is 153 Å². The third-order valence-corrected chi connectivity index (χ3v) is 6.21. The van der Waals surface area contributed by atoms with Gasteiger partial charge in [-0.15, -0.1) is 0 Å². The molecule has 1 N–H and O–H groups in total. The third kappa shape index (κ3) is 2.53. The smallest absolute Gasteiger partial charge is 0.141 e. The molecule has 0 bridgehead atoms. The van der Waals surface area contributed by atoms with Gasteiger partial charge in [-0.25, -0.2) is 18.5 Å². The molecule has 3 aromatic heterocycles. The number of aromatic amines is 1. The molecule has 4 heterocycles. The highest BCUT2D eigenvalue weighted by Crippen LogP contribution is 2.36. The quantitative estimate of drug-likeness (QED) is 0.738. The van der Waals surface area contributed by atoms with Crippen molar-refractivity contribution in [2.24, 2.45) is 0 Å². The average molecular weight is 369 g/mol. The van der Waals surface area contributed by atoms with E-state index in [0.717, 1.165) is 28.0 Å². The van der Waals surface area contributed by atoms with Crippen LogP contribution >= 0.6 is 0 Å². The first-order valence-electron chi connectivity index (χ1n) is 8.43. The topological polar surface area (TPSA) is 103 Å². The lowest BCUT2D eigenvalue weighted by atomic mass is 9.89. The van der Waals surface area contributed by atoms with Gasteiger partial charge < -0.3 is 4.98 Å². The van der Waals surface area contributed by atoms with Crippen molar-refractivity contribution < 1.29 is 4.21 Å². The van der Waals surface area contributed by atoms with Gasteiger partial charge in [0.1, 0.15) is 17.5 Å². The van der Waals surface area contributed by atoms with Crippen molar-refractivity contribution in [1.29, 1.82) is 5.26 Å². The van der Waals surface area contributed by atoms with Crippen LogP contribution in [-0.2, 0) is 16.5 Å². The fourth-order valence-electron chi connectivity index (χ4n) is 3.44. The van der Waals surface area contributed by atoms with Gasteiger partial charge in [-0.2, -0.15) is 10.4 Å². The Hall–Kier alpha value is -2.57. The maximum absolute atomic E-state index is 12.0. The molecule has 8 nitrogen and oxygen atoms in total. The molecule has 4 rings (SSSR count). The number of nitriles is 1. The van der Waals surface area contributed by atoms with Crippen LogP contribution in [-0.4, -0.2) is 52.1 Å². The van der Waals surface area contributed by atoms with E-state index >= 15 is 0 Å². The molecular weight excluding hydrogens is 350 g/mol. The Morgan fingerprint density at radius 2 is 2.23 bits per heavy atom. The molecule has 134 valence electrons. The second-order valence-corrected chi connectivity index (χ2v) is 8.24. The van der Waals surface area contributed by atoms with Gasteiger partial charge in [0.05, 0.1) is 34.9 Å². The van der Waals surface area contributed by atoms with Gasteiger partial charge >= 0.3 is 0 Å². The molecule has 1 aliphatic heterocycles.